The summed E-state index contributed by atoms with van der Waals surface area (Å²) in [4.78, 5) is 12.5. The van der Waals surface area contributed by atoms with E-state index in [4.69, 9.17) is 9.47 Å². The van der Waals surface area contributed by atoms with Gasteiger partial charge in [0.1, 0.15) is 0 Å². The van der Waals surface area contributed by atoms with E-state index in [9.17, 15) is 13.2 Å². The third kappa shape index (κ3) is 4.98. The van der Waals surface area contributed by atoms with Gasteiger partial charge in [0.15, 0.2) is 11.5 Å². The SMILES string of the molecule is CCCN(CCC)S(=O)(=O)c1ccc(C(=O)N/N=C\c2ccc3c(c2)OCO3)cc1. The molecule has 1 amide bonds. The number of hydrogen-bond acceptors (Lipinski definition) is 6. The van der Waals surface area contributed by atoms with Crippen LogP contribution in [0.4, 0.5) is 0 Å². The van der Waals surface area contributed by atoms with Crippen molar-refractivity contribution in [3.8, 4) is 11.5 Å². The summed E-state index contributed by atoms with van der Waals surface area (Å²) in [5.41, 5.74) is 3.49. The zero-order valence-corrected chi connectivity index (χ0v) is 17.8. The summed E-state index contributed by atoms with van der Waals surface area (Å²) in [6.07, 6.45) is 2.97. The molecule has 1 aliphatic heterocycles. The quantitative estimate of drug-likeness (QED) is 0.486. The summed E-state index contributed by atoms with van der Waals surface area (Å²) in [5.74, 6) is 0.861. The highest BCUT2D eigenvalue weighted by atomic mass is 32.2. The number of nitrogens with one attached hydrogen (secondary N) is 1. The first-order valence-corrected chi connectivity index (χ1v) is 11.2. The van der Waals surface area contributed by atoms with Crippen LogP contribution in [-0.4, -0.2) is 44.7 Å². The fraction of sp³-hybridized carbons (Fsp3) is 0.333. The monoisotopic (exact) mass is 431 g/mol. The number of hydrogen-bond donors (Lipinski definition) is 1. The molecule has 8 nitrogen and oxygen atoms in total. The average Bonchev–Trinajstić information content (AvgIpc) is 3.21. The summed E-state index contributed by atoms with van der Waals surface area (Å²) in [5, 5.41) is 3.94. The molecular weight excluding hydrogens is 406 g/mol. The van der Waals surface area contributed by atoms with Crippen LogP contribution in [0.5, 0.6) is 11.5 Å². The van der Waals surface area contributed by atoms with Crippen LogP contribution in [0.2, 0.25) is 0 Å². The first-order chi connectivity index (χ1) is 14.5. The molecule has 9 heteroatoms. The van der Waals surface area contributed by atoms with Crippen LogP contribution >= 0.6 is 0 Å². The number of carbonyl (C=O) groups excluding carboxylic acids is 1. The van der Waals surface area contributed by atoms with Gasteiger partial charge in [-0.15, -0.1) is 0 Å². The van der Waals surface area contributed by atoms with Crippen molar-refractivity contribution in [1.82, 2.24) is 9.73 Å². The second-order valence-corrected chi connectivity index (χ2v) is 8.68. The van der Waals surface area contributed by atoms with E-state index in [1.54, 1.807) is 18.2 Å². The number of nitrogens with zero attached hydrogens (tertiary/aromatic N) is 2. The highest BCUT2D eigenvalue weighted by Gasteiger charge is 2.23. The lowest BCUT2D eigenvalue weighted by Crippen LogP contribution is -2.32. The summed E-state index contributed by atoms with van der Waals surface area (Å²) in [6.45, 7) is 5.00. The van der Waals surface area contributed by atoms with E-state index in [0.29, 0.717) is 30.2 Å². The number of carbonyl (C=O) groups is 1. The highest BCUT2D eigenvalue weighted by Crippen LogP contribution is 2.31. The van der Waals surface area contributed by atoms with E-state index in [-0.39, 0.29) is 11.7 Å². The third-order valence-corrected chi connectivity index (χ3v) is 6.39. The van der Waals surface area contributed by atoms with Gasteiger partial charge < -0.3 is 9.47 Å². The van der Waals surface area contributed by atoms with Crippen molar-refractivity contribution >= 4 is 22.1 Å². The minimum Gasteiger partial charge on any atom is -0.454 e. The van der Waals surface area contributed by atoms with Gasteiger partial charge in [0, 0.05) is 18.7 Å². The summed E-state index contributed by atoms with van der Waals surface area (Å²) in [6, 6.07) is 11.2. The Balaban J connectivity index is 1.64. The van der Waals surface area contributed by atoms with Crippen LogP contribution in [0.25, 0.3) is 0 Å². The van der Waals surface area contributed by atoms with Gasteiger partial charge in [0.2, 0.25) is 16.8 Å². The Kier molecular flexibility index (Phi) is 7.07. The van der Waals surface area contributed by atoms with Crippen molar-refractivity contribution < 1.29 is 22.7 Å². The largest absolute Gasteiger partial charge is 0.454 e. The molecule has 30 heavy (non-hydrogen) atoms. The van der Waals surface area contributed by atoms with E-state index >= 15 is 0 Å². The average molecular weight is 432 g/mol. The van der Waals surface area contributed by atoms with Crippen molar-refractivity contribution in [2.24, 2.45) is 5.10 Å². The lowest BCUT2D eigenvalue weighted by Gasteiger charge is -2.21. The molecule has 0 radical (unpaired) electrons. The normalized spacial score (nSPS) is 13.2. The van der Waals surface area contributed by atoms with Crippen molar-refractivity contribution in [3.63, 3.8) is 0 Å². The van der Waals surface area contributed by atoms with E-state index in [0.717, 1.165) is 18.4 Å². The summed E-state index contributed by atoms with van der Waals surface area (Å²) in [7, 11) is -3.58. The maximum absolute atomic E-state index is 12.8. The number of sulfonamides is 1. The number of fused-ring (bicyclic) bond motifs is 1. The zero-order valence-electron chi connectivity index (χ0n) is 17.0. The molecule has 2 aromatic rings. The minimum atomic E-state index is -3.58. The number of amides is 1. The van der Waals surface area contributed by atoms with Crippen LogP contribution in [0.3, 0.4) is 0 Å². The molecule has 0 aliphatic carbocycles. The van der Waals surface area contributed by atoms with Crippen molar-refractivity contribution in [2.75, 3.05) is 19.9 Å². The molecule has 0 unspecified atom stereocenters. The number of rotatable bonds is 9. The molecule has 160 valence electrons. The van der Waals surface area contributed by atoms with Gasteiger partial charge >= 0.3 is 0 Å². The van der Waals surface area contributed by atoms with Gasteiger partial charge in [-0.2, -0.15) is 9.41 Å². The molecule has 1 aliphatic rings. The van der Waals surface area contributed by atoms with Crippen molar-refractivity contribution in [3.05, 3.63) is 53.6 Å². The Morgan fingerprint density at radius 1 is 1.07 bits per heavy atom. The van der Waals surface area contributed by atoms with Gasteiger partial charge in [-0.05, 0) is 60.9 Å². The van der Waals surface area contributed by atoms with E-state index in [1.165, 1.54) is 34.8 Å². The molecule has 3 rings (SSSR count). The Morgan fingerprint density at radius 2 is 1.73 bits per heavy atom. The third-order valence-electron chi connectivity index (χ3n) is 4.48. The molecule has 1 heterocycles. The molecule has 2 aromatic carbocycles. The van der Waals surface area contributed by atoms with Crippen LogP contribution in [0.15, 0.2) is 52.5 Å². The molecule has 0 saturated heterocycles. The highest BCUT2D eigenvalue weighted by molar-refractivity contribution is 7.89. The predicted octanol–water partition coefficient (Wildman–Crippen LogP) is 2.99. The second-order valence-electron chi connectivity index (χ2n) is 6.74. The minimum absolute atomic E-state index is 0.171. The van der Waals surface area contributed by atoms with Crippen LogP contribution < -0.4 is 14.9 Å². The van der Waals surface area contributed by atoms with Crippen LogP contribution in [0, 0.1) is 0 Å². The predicted molar refractivity (Wildman–Crippen MR) is 113 cm³/mol. The smallest absolute Gasteiger partial charge is 0.271 e. The van der Waals surface area contributed by atoms with Gasteiger partial charge in [0.05, 0.1) is 11.1 Å². The van der Waals surface area contributed by atoms with Crippen molar-refractivity contribution in [2.45, 2.75) is 31.6 Å². The molecular formula is C21H25N3O5S. The van der Waals surface area contributed by atoms with Crippen LogP contribution in [0.1, 0.15) is 42.6 Å². The molecule has 0 atom stereocenters. The maximum atomic E-state index is 12.8. The number of ether oxygens (including phenoxy) is 2. The molecule has 1 N–H and O–H groups in total. The lowest BCUT2D eigenvalue weighted by molar-refractivity contribution is 0.0955. The molecule has 0 bridgehead atoms. The van der Waals surface area contributed by atoms with Crippen molar-refractivity contribution in [1.29, 1.82) is 0 Å². The van der Waals surface area contributed by atoms with Gasteiger partial charge in [-0.3, -0.25) is 4.79 Å². The second kappa shape index (κ2) is 9.73. The van der Waals surface area contributed by atoms with E-state index < -0.39 is 15.9 Å². The van der Waals surface area contributed by atoms with Gasteiger partial charge in [-0.1, -0.05) is 13.8 Å². The van der Waals surface area contributed by atoms with E-state index in [1.807, 2.05) is 13.8 Å². The number of benzene rings is 2. The Bertz CT molecular complexity index is 1010. The first kappa shape index (κ1) is 21.8. The number of hydrazone groups is 1. The van der Waals surface area contributed by atoms with Gasteiger partial charge in [-0.25, -0.2) is 13.8 Å². The Morgan fingerprint density at radius 3 is 2.40 bits per heavy atom. The fourth-order valence-corrected chi connectivity index (χ4v) is 4.63. The topological polar surface area (TPSA) is 97.3 Å². The molecule has 0 saturated carbocycles. The maximum Gasteiger partial charge on any atom is 0.271 e. The standard InChI is InChI=1S/C21H25N3O5S/c1-3-11-24(12-4-2)30(26,27)18-8-6-17(7-9-18)21(25)23-22-14-16-5-10-19-20(13-16)29-15-28-19/h5-10,13-14H,3-4,11-12,15H2,1-2H3,(H,23,25)/b22-14-. The summed E-state index contributed by atoms with van der Waals surface area (Å²) >= 11 is 0. The van der Waals surface area contributed by atoms with Crippen LogP contribution in [-0.2, 0) is 10.0 Å². The Labute approximate surface area is 176 Å². The van der Waals surface area contributed by atoms with E-state index in [2.05, 4.69) is 10.5 Å². The first-order valence-electron chi connectivity index (χ1n) is 9.79. The Hall–Kier alpha value is -2.91. The molecule has 0 aromatic heterocycles. The van der Waals surface area contributed by atoms with Gasteiger partial charge in [0.25, 0.3) is 5.91 Å². The lowest BCUT2D eigenvalue weighted by atomic mass is 10.2. The fourth-order valence-electron chi connectivity index (χ4n) is 3.00. The molecule has 0 fully saturated rings. The molecule has 0 spiro atoms. The zero-order chi connectivity index (χ0) is 21.6. The summed E-state index contributed by atoms with van der Waals surface area (Å²) < 4.78 is 37.6.